The molecule has 0 N–H and O–H groups in total. The van der Waals surface area contributed by atoms with Crippen LogP contribution in [0.1, 0.15) is 0 Å². The molecule has 12 aromatic carbocycles. The van der Waals surface area contributed by atoms with Gasteiger partial charge in [-0.2, -0.15) is 0 Å². The third-order valence-corrected chi connectivity index (χ3v) is 13.2. The maximum absolute atomic E-state index is 4.88. The van der Waals surface area contributed by atoms with E-state index in [1.54, 1.807) is 0 Å². The molecule has 13 aromatic rings. The van der Waals surface area contributed by atoms with Crippen LogP contribution in [0.25, 0.3) is 131 Å². The Kier molecular flexibility index (Phi) is 7.67. The van der Waals surface area contributed by atoms with Crippen molar-refractivity contribution in [2.45, 2.75) is 0 Å². The molecule has 1 nitrogen and oxygen atoms in total. The summed E-state index contributed by atoms with van der Waals surface area (Å²) in [5.74, 6) is 0. The Balaban J connectivity index is 1.14. The van der Waals surface area contributed by atoms with Crippen molar-refractivity contribution in [2.75, 3.05) is 0 Å². The van der Waals surface area contributed by atoms with Crippen molar-refractivity contribution in [1.82, 2.24) is 4.98 Å². The molecule has 0 aliphatic rings. The van der Waals surface area contributed by atoms with Crippen LogP contribution in [0.3, 0.4) is 0 Å². The molecule has 0 radical (unpaired) electrons. The van der Waals surface area contributed by atoms with Crippen molar-refractivity contribution >= 4 is 86.3 Å². The summed E-state index contributed by atoms with van der Waals surface area (Å²) >= 11 is 0. The minimum atomic E-state index is 1.03. The summed E-state index contributed by atoms with van der Waals surface area (Å²) in [4.78, 5) is 4.88. The lowest BCUT2D eigenvalue weighted by Crippen LogP contribution is -1.94. The van der Waals surface area contributed by atoms with Crippen LogP contribution < -0.4 is 0 Å². The van der Waals surface area contributed by atoms with E-state index in [0.717, 1.165) is 10.9 Å². The monoisotopic (exact) mass is 783 g/mol. The Morgan fingerprint density at radius 2 is 0.726 bits per heavy atom. The van der Waals surface area contributed by atoms with Gasteiger partial charge in [0.15, 0.2) is 0 Å². The van der Waals surface area contributed by atoms with Crippen LogP contribution in [0.15, 0.2) is 225 Å². The van der Waals surface area contributed by atoms with Gasteiger partial charge in [-0.3, -0.25) is 4.98 Å². The molecule has 286 valence electrons. The van der Waals surface area contributed by atoms with Gasteiger partial charge in [0.1, 0.15) is 0 Å². The van der Waals surface area contributed by atoms with Crippen LogP contribution in [-0.2, 0) is 0 Å². The first-order chi connectivity index (χ1) is 30.8. The smallest absolute Gasteiger partial charge is 0.0786 e. The summed E-state index contributed by atoms with van der Waals surface area (Å²) < 4.78 is 0. The molecule has 1 aromatic heterocycles. The van der Waals surface area contributed by atoms with Crippen LogP contribution in [-0.4, -0.2) is 4.98 Å². The van der Waals surface area contributed by atoms with Gasteiger partial charge in [-0.25, -0.2) is 0 Å². The SMILES string of the molecule is c1cc(-c2ccc3c(-c4cc5ccccc5c5ccccc45)c4ccccc4c(-c4cc5ccccc5c5ccccc45)c3c2)cc(-c2cccc3ccc4cccnc4c23)c1. The molecule has 0 spiro atoms. The number of benzene rings is 12. The molecule has 0 saturated carbocycles. The van der Waals surface area contributed by atoms with E-state index in [1.165, 1.54) is 120 Å². The van der Waals surface area contributed by atoms with Gasteiger partial charge in [-0.05, 0) is 145 Å². The highest BCUT2D eigenvalue weighted by Crippen LogP contribution is 2.49. The van der Waals surface area contributed by atoms with E-state index in [2.05, 4.69) is 212 Å². The summed E-state index contributed by atoms with van der Waals surface area (Å²) in [5, 5.41) is 18.6. The van der Waals surface area contributed by atoms with Crippen molar-refractivity contribution in [3.63, 3.8) is 0 Å². The van der Waals surface area contributed by atoms with E-state index < -0.39 is 0 Å². The van der Waals surface area contributed by atoms with Crippen molar-refractivity contribution in [2.24, 2.45) is 0 Å². The molecule has 13 rings (SSSR count). The fraction of sp³-hybridized carbons (Fsp3) is 0. The van der Waals surface area contributed by atoms with Crippen LogP contribution in [0.2, 0.25) is 0 Å². The lowest BCUT2D eigenvalue weighted by molar-refractivity contribution is 1.43. The Morgan fingerprint density at radius 1 is 0.242 bits per heavy atom. The molecule has 0 bridgehead atoms. The van der Waals surface area contributed by atoms with Gasteiger partial charge >= 0.3 is 0 Å². The Bertz CT molecular complexity index is 3990. The van der Waals surface area contributed by atoms with Gasteiger partial charge in [-0.1, -0.05) is 188 Å². The summed E-state index contributed by atoms with van der Waals surface area (Å²) in [6, 6.07) is 80.9. The molecule has 0 aliphatic carbocycles. The maximum Gasteiger partial charge on any atom is 0.0786 e. The fourth-order valence-electron chi connectivity index (χ4n) is 10.5. The topological polar surface area (TPSA) is 12.9 Å². The molecular weight excluding hydrogens is 747 g/mol. The first kappa shape index (κ1) is 34.7. The van der Waals surface area contributed by atoms with Crippen LogP contribution >= 0.6 is 0 Å². The third-order valence-electron chi connectivity index (χ3n) is 13.2. The number of pyridine rings is 1. The summed E-state index contributed by atoms with van der Waals surface area (Å²) in [6.45, 7) is 0. The average Bonchev–Trinajstić information content (AvgIpc) is 3.35. The van der Waals surface area contributed by atoms with Gasteiger partial charge in [0.25, 0.3) is 0 Å². The zero-order valence-electron chi connectivity index (χ0n) is 33.8. The van der Waals surface area contributed by atoms with E-state index in [4.69, 9.17) is 4.98 Å². The lowest BCUT2D eigenvalue weighted by Gasteiger charge is -2.21. The van der Waals surface area contributed by atoms with Crippen molar-refractivity contribution in [3.8, 4) is 44.5 Å². The van der Waals surface area contributed by atoms with Crippen LogP contribution in [0.5, 0.6) is 0 Å². The van der Waals surface area contributed by atoms with E-state index in [9.17, 15) is 0 Å². The third kappa shape index (κ3) is 5.25. The Hall–Kier alpha value is -8.13. The number of nitrogens with zero attached hydrogens (tertiary/aromatic N) is 1. The number of aromatic nitrogens is 1. The summed E-state index contributed by atoms with van der Waals surface area (Å²) in [5.41, 5.74) is 10.8. The van der Waals surface area contributed by atoms with E-state index in [-0.39, 0.29) is 0 Å². The van der Waals surface area contributed by atoms with Gasteiger partial charge < -0.3 is 0 Å². The first-order valence-electron chi connectivity index (χ1n) is 21.4. The summed E-state index contributed by atoms with van der Waals surface area (Å²) in [7, 11) is 0. The second kappa shape index (κ2) is 13.7. The molecule has 1 heterocycles. The molecule has 1 heteroatoms. The normalized spacial score (nSPS) is 11.9. The quantitative estimate of drug-likeness (QED) is 0.128. The van der Waals surface area contributed by atoms with E-state index in [1.807, 2.05) is 12.3 Å². The second-order valence-corrected chi connectivity index (χ2v) is 16.6. The molecule has 0 unspecified atom stereocenters. The first-order valence-corrected chi connectivity index (χ1v) is 21.4. The molecule has 62 heavy (non-hydrogen) atoms. The highest BCUT2D eigenvalue weighted by atomic mass is 14.6. The van der Waals surface area contributed by atoms with Crippen LogP contribution in [0.4, 0.5) is 0 Å². The van der Waals surface area contributed by atoms with E-state index in [0.29, 0.717) is 0 Å². The average molecular weight is 784 g/mol. The Morgan fingerprint density at radius 3 is 1.40 bits per heavy atom. The molecular formula is C61H37N. The van der Waals surface area contributed by atoms with E-state index >= 15 is 0 Å². The predicted octanol–water partition coefficient (Wildman–Crippen LogP) is 17.0. The largest absolute Gasteiger partial charge is 0.256 e. The minimum absolute atomic E-state index is 1.03. The zero-order valence-corrected chi connectivity index (χ0v) is 33.8. The van der Waals surface area contributed by atoms with Crippen LogP contribution in [0, 0.1) is 0 Å². The number of fused-ring (bicyclic) bond motifs is 11. The highest BCUT2D eigenvalue weighted by molar-refractivity contribution is 6.28. The molecule has 0 saturated heterocycles. The van der Waals surface area contributed by atoms with Gasteiger partial charge in [0.2, 0.25) is 0 Å². The highest BCUT2D eigenvalue weighted by Gasteiger charge is 2.22. The fourth-order valence-corrected chi connectivity index (χ4v) is 10.5. The molecule has 0 aliphatic heterocycles. The Labute approximate surface area is 358 Å². The van der Waals surface area contributed by atoms with Crippen molar-refractivity contribution in [1.29, 1.82) is 0 Å². The maximum atomic E-state index is 4.88. The number of hydrogen-bond donors (Lipinski definition) is 0. The van der Waals surface area contributed by atoms with Gasteiger partial charge in [0, 0.05) is 17.0 Å². The number of hydrogen-bond acceptors (Lipinski definition) is 1. The predicted molar refractivity (Wildman–Crippen MR) is 266 cm³/mol. The standard InChI is InChI=1S/C61H37N/c1-3-20-45-43(14-1)36-55(50-24-7-5-22-48(45)50)59-52-26-9-10-27-53(52)60(56-37-44-15-2-4-21-46(44)49-23-6-8-25-51(49)56)57-35-41(31-32-54(57)59)40-17-11-18-42(34-40)47-28-12-16-38-29-30-39-19-13-33-62-61(39)58(38)47/h1-37H. The second-order valence-electron chi connectivity index (χ2n) is 16.6. The summed E-state index contributed by atoms with van der Waals surface area (Å²) in [6.07, 6.45) is 1.90. The molecule has 0 fully saturated rings. The zero-order chi connectivity index (χ0) is 40.7. The lowest BCUT2D eigenvalue weighted by atomic mass is 9.81. The molecule has 0 atom stereocenters. The van der Waals surface area contributed by atoms with Crippen molar-refractivity contribution in [3.05, 3.63) is 225 Å². The minimum Gasteiger partial charge on any atom is -0.256 e. The van der Waals surface area contributed by atoms with Crippen molar-refractivity contribution < 1.29 is 0 Å². The molecule has 0 amide bonds. The van der Waals surface area contributed by atoms with Gasteiger partial charge in [0.05, 0.1) is 5.52 Å². The van der Waals surface area contributed by atoms with Gasteiger partial charge in [-0.15, -0.1) is 0 Å². The number of rotatable bonds is 4.